The zero-order chi connectivity index (χ0) is 12.9. The molecule has 0 aliphatic heterocycles. The van der Waals surface area contributed by atoms with Gasteiger partial charge in [-0.3, -0.25) is 0 Å². The monoisotopic (exact) mass is 234 g/mol. The van der Waals surface area contributed by atoms with E-state index in [9.17, 15) is 4.79 Å². The highest BCUT2D eigenvalue weighted by atomic mass is 16.7. The number of ether oxygens (including phenoxy) is 2. The molecule has 3 nitrogen and oxygen atoms in total. The van der Waals surface area contributed by atoms with Crippen molar-refractivity contribution in [1.82, 2.24) is 0 Å². The van der Waals surface area contributed by atoms with Crippen LogP contribution in [0, 0.1) is 0 Å². The molecule has 0 N–H and O–H groups in total. The van der Waals surface area contributed by atoms with Crippen LogP contribution in [0.15, 0.2) is 36.6 Å². The minimum atomic E-state index is -0.687. The molecule has 0 fully saturated rings. The average Bonchev–Trinajstić information content (AvgIpc) is 2.25. The van der Waals surface area contributed by atoms with Crippen LogP contribution < -0.4 is 0 Å². The van der Waals surface area contributed by atoms with Gasteiger partial charge in [-0.15, -0.1) is 0 Å². The molecule has 1 aromatic carbocycles. The first-order chi connectivity index (χ1) is 7.88. The molecule has 0 spiro atoms. The molecule has 0 aromatic heterocycles. The first kappa shape index (κ1) is 13.3. The zero-order valence-corrected chi connectivity index (χ0v) is 10.7. The fourth-order valence-corrected chi connectivity index (χ4v) is 1.18. The summed E-state index contributed by atoms with van der Waals surface area (Å²) >= 11 is 0. The third kappa shape index (κ3) is 5.20. The van der Waals surface area contributed by atoms with Crippen molar-refractivity contribution in [2.45, 2.75) is 33.3 Å². The van der Waals surface area contributed by atoms with E-state index in [1.807, 2.05) is 37.3 Å². The SMILES string of the molecule is CC(=COC(=O)OC(C)(C)C)c1ccccc1. The van der Waals surface area contributed by atoms with Gasteiger partial charge < -0.3 is 9.47 Å². The summed E-state index contributed by atoms with van der Waals surface area (Å²) in [6.07, 6.45) is 0.719. The minimum Gasteiger partial charge on any atom is -0.428 e. The maximum atomic E-state index is 11.3. The molecule has 0 saturated heterocycles. The van der Waals surface area contributed by atoms with Gasteiger partial charge in [0.15, 0.2) is 0 Å². The zero-order valence-electron chi connectivity index (χ0n) is 10.7. The smallest absolute Gasteiger partial charge is 0.428 e. The average molecular weight is 234 g/mol. The molecule has 0 heterocycles. The van der Waals surface area contributed by atoms with Crippen LogP contribution in [0.5, 0.6) is 0 Å². The molecule has 0 aliphatic rings. The van der Waals surface area contributed by atoms with E-state index in [0.29, 0.717) is 0 Å². The van der Waals surface area contributed by atoms with E-state index in [2.05, 4.69) is 0 Å². The van der Waals surface area contributed by atoms with Crippen LogP contribution in [0.4, 0.5) is 4.79 Å². The maximum Gasteiger partial charge on any atom is 0.513 e. The molecular formula is C14H18O3. The maximum absolute atomic E-state index is 11.3. The van der Waals surface area contributed by atoms with Gasteiger partial charge in [0, 0.05) is 0 Å². The number of allylic oxidation sites excluding steroid dienone is 1. The lowest BCUT2D eigenvalue weighted by molar-refractivity contribution is 0.0112. The summed E-state index contributed by atoms with van der Waals surface area (Å²) in [4.78, 5) is 11.3. The van der Waals surface area contributed by atoms with Crippen LogP contribution >= 0.6 is 0 Å². The largest absolute Gasteiger partial charge is 0.513 e. The fourth-order valence-electron chi connectivity index (χ4n) is 1.18. The lowest BCUT2D eigenvalue weighted by atomic mass is 10.1. The second kappa shape index (κ2) is 5.53. The summed E-state index contributed by atoms with van der Waals surface area (Å²) < 4.78 is 9.93. The van der Waals surface area contributed by atoms with Crippen molar-refractivity contribution in [1.29, 1.82) is 0 Å². The van der Waals surface area contributed by atoms with Crippen LogP contribution in [-0.2, 0) is 9.47 Å². The van der Waals surface area contributed by atoms with E-state index < -0.39 is 11.8 Å². The van der Waals surface area contributed by atoms with Crippen molar-refractivity contribution in [3.63, 3.8) is 0 Å². The molecule has 0 amide bonds. The van der Waals surface area contributed by atoms with E-state index in [1.165, 1.54) is 6.26 Å². The summed E-state index contributed by atoms with van der Waals surface area (Å²) in [5, 5.41) is 0. The highest BCUT2D eigenvalue weighted by Crippen LogP contribution is 2.14. The quantitative estimate of drug-likeness (QED) is 0.573. The first-order valence-corrected chi connectivity index (χ1v) is 5.50. The molecule has 0 aliphatic carbocycles. The molecule has 1 rings (SSSR count). The van der Waals surface area contributed by atoms with E-state index >= 15 is 0 Å². The molecular weight excluding hydrogens is 216 g/mol. The van der Waals surface area contributed by atoms with Gasteiger partial charge in [-0.05, 0) is 38.8 Å². The lowest BCUT2D eigenvalue weighted by Gasteiger charge is -2.17. The van der Waals surface area contributed by atoms with Gasteiger partial charge in [-0.25, -0.2) is 4.79 Å². The van der Waals surface area contributed by atoms with Crippen LogP contribution in [-0.4, -0.2) is 11.8 Å². The Hall–Kier alpha value is -1.77. The molecule has 0 saturated carbocycles. The van der Waals surface area contributed by atoms with Gasteiger partial charge in [0.25, 0.3) is 0 Å². The van der Waals surface area contributed by atoms with Crippen molar-refractivity contribution < 1.29 is 14.3 Å². The molecule has 0 atom stereocenters. The van der Waals surface area contributed by atoms with E-state index in [-0.39, 0.29) is 0 Å². The number of hydrogen-bond acceptors (Lipinski definition) is 3. The van der Waals surface area contributed by atoms with Crippen molar-refractivity contribution in [2.75, 3.05) is 0 Å². The van der Waals surface area contributed by atoms with Gasteiger partial charge in [0.2, 0.25) is 0 Å². The Morgan fingerprint density at radius 2 is 1.76 bits per heavy atom. The number of carbonyl (C=O) groups excluding carboxylic acids is 1. The summed E-state index contributed by atoms with van der Waals surface area (Å²) in [6.45, 7) is 7.26. The van der Waals surface area contributed by atoms with Crippen LogP contribution in [0.3, 0.4) is 0 Å². The van der Waals surface area contributed by atoms with Gasteiger partial charge >= 0.3 is 6.16 Å². The van der Waals surface area contributed by atoms with Crippen molar-refractivity contribution in [3.05, 3.63) is 42.2 Å². The van der Waals surface area contributed by atoms with Gasteiger partial charge in [0.05, 0.1) is 0 Å². The predicted octanol–water partition coefficient (Wildman–Crippen LogP) is 4.00. The molecule has 17 heavy (non-hydrogen) atoms. The molecule has 92 valence electrons. The fraction of sp³-hybridized carbons (Fsp3) is 0.357. The Labute approximate surface area is 102 Å². The second-order valence-electron chi connectivity index (χ2n) is 4.75. The number of hydrogen-bond donors (Lipinski definition) is 0. The molecule has 0 radical (unpaired) electrons. The molecule has 1 aromatic rings. The van der Waals surface area contributed by atoms with Crippen molar-refractivity contribution in [3.8, 4) is 0 Å². The molecule has 0 unspecified atom stereocenters. The van der Waals surface area contributed by atoms with Crippen LogP contribution in [0.1, 0.15) is 33.3 Å². The van der Waals surface area contributed by atoms with Gasteiger partial charge in [-0.1, -0.05) is 30.3 Å². The Kier molecular flexibility index (Phi) is 4.32. The molecule has 3 heteroatoms. The Bertz CT molecular complexity index is 399. The van der Waals surface area contributed by atoms with Crippen molar-refractivity contribution >= 4 is 11.7 Å². The third-order valence-corrected chi connectivity index (χ3v) is 1.95. The van der Waals surface area contributed by atoms with E-state index in [1.54, 1.807) is 20.8 Å². The summed E-state index contributed by atoms with van der Waals surface area (Å²) in [5.74, 6) is 0. The standard InChI is InChI=1S/C14H18O3/c1-11(12-8-6-5-7-9-12)10-16-13(15)17-14(2,3)4/h5-10H,1-4H3. The summed E-state index contributed by atoms with van der Waals surface area (Å²) in [7, 11) is 0. The van der Waals surface area contributed by atoms with Crippen LogP contribution in [0.2, 0.25) is 0 Å². The summed E-state index contributed by atoms with van der Waals surface area (Å²) in [5.41, 5.74) is 1.35. The summed E-state index contributed by atoms with van der Waals surface area (Å²) in [6, 6.07) is 9.69. The van der Waals surface area contributed by atoms with Gasteiger partial charge in [0.1, 0.15) is 11.9 Å². The normalized spacial score (nSPS) is 12.1. The Morgan fingerprint density at radius 1 is 1.18 bits per heavy atom. The van der Waals surface area contributed by atoms with Crippen molar-refractivity contribution in [2.24, 2.45) is 0 Å². The van der Waals surface area contributed by atoms with E-state index in [0.717, 1.165) is 11.1 Å². The number of carbonyl (C=O) groups is 1. The van der Waals surface area contributed by atoms with Gasteiger partial charge in [-0.2, -0.15) is 0 Å². The lowest BCUT2D eigenvalue weighted by Crippen LogP contribution is -2.23. The number of benzene rings is 1. The van der Waals surface area contributed by atoms with Crippen LogP contribution in [0.25, 0.3) is 5.57 Å². The van der Waals surface area contributed by atoms with E-state index in [4.69, 9.17) is 9.47 Å². The topological polar surface area (TPSA) is 35.5 Å². The number of rotatable bonds is 2. The Balaban J connectivity index is 2.57. The highest BCUT2D eigenvalue weighted by Gasteiger charge is 2.16. The minimum absolute atomic E-state index is 0.536. The molecule has 0 bridgehead atoms. The third-order valence-electron chi connectivity index (χ3n) is 1.95. The second-order valence-corrected chi connectivity index (χ2v) is 4.75. The highest BCUT2D eigenvalue weighted by molar-refractivity contribution is 5.67. The predicted molar refractivity (Wildman–Crippen MR) is 67.4 cm³/mol. The Morgan fingerprint density at radius 3 is 2.29 bits per heavy atom. The first-order valence-electron chi connectivity index (χ1n) is 5.50.